The number of sulfonamides is 1. The number of rotatable bonds is 3. The fourth-order valence-corrected chi connectivity index (χ4v) is 3.81. The monoisotopic (exact) mass is 319 g/mol. The molecule has 6 nitrogen and oxygen atoms in total. The van der Waals surface area contributed by atoms with E-state index in [1.807, 2.05) is 0 Å². The van der Waals surface area contributed by atoms with Gasteiger partial charge in [0.25, 0.3) is 0 Å². The van der Waals surface area contributed by atoms with Gasteiger partial charge >= 0.3 is 0 Å². The number of piperidine rings is 1. The van der Waals surface area contributed by atoms with E-state index in [1.54, 1.807) is 0 Å². The number of carbonyl (C=O) groups excluding carboxylic acids is 1. The Morgan fingerprint density at radius 2 is 1.76 bits per heavy atom. The Hall–Kier alpha value is -1.74. The highest BCUT2D eigenvalue weighted by Crippen LogP contribution is 2.27. The molecule has 0 spiro atoms. The van der Waals surface area contributed by atoms with Gasteiger partial charge in [0.2, 0.25) is 15.9 Å². The molecule has 1 amide bonds. The molecule has 1 heterocycles. The van der Waals surface area contributed by atoms with Gasteiger partial charge in [-0.2, -0.15) is 4.31 Å². The molecule has 0 unspecified atom stereocenters. The van der Waals surface area contributed by atoms with E-state index in [4.69, 9.17) is 11.5 Å². The summed E-state index contributed by atoms with van der Waals surface area (Å²) in [6.45, 7) is 0.0965. The first kappa shape index (κ1) is 15.6. The summed E-state index contributed by atoms with van der Waals surface area (Å²) >= 11 is 0. The lowest BCUT2D eigenvalue weighted by Gasteiger charge is -2.29. The van der Waals surface area contributed by atoms with E-state index in [-0.39, 0.29) is 31.8 Å². The molecule has 1 fully saturated rings. The van der Waals surface area contributed by atoms with Crippen LogP contribution in [0.4, 0.5) is 14.5 Å². The zero-order chi connectivity index (χ0) is 15.8. The molecular formula is C12H15F2N3O3S. The van der Waals surface area contributed by atoms with E-state index in [2.05, 4.69) is 0 Å². The zero-order valence-electron chi connectivity index (χ0n) is 11.1. The van der Waals surface area contributed by atoms with Crippen LogP contribution in [0.2, 0.25) is 0 Å². The summed E-state index contributed by atoms with van der Waals surface area (Å²) in [7, 11) is -4.12. The molecule has 1 saturated heterocycles. The van der Waals surface area contributed by atoms with Crippen molar-refractivity contribution in [2.75, 3.05) is 18.8 Å². The predicted molar refractivity (Wildman–Crippen MR) is 71.4 cm³/mol. The van der Waals surface area contributed by atoms with Crippen molar-refractivity contribution in [3.63, 3.8) is 0 Å². The van der Waals surface area contributed by atoms with Gasteiger partial charge in [0.15, 0.2) is 0 Å². The molecule has 4 N–H and O–H groups in total. The van der Waals surface area contributed by atoms with Gasteiger partial charge < -0.3 is 11.5 Å². The van der Waals surface area contributed by atoms with E-state index >= 15 is 0 Å². The van der Waals surface area contributed by atoms with Gasteiger partial charge in [0, 0.05) is 25.1 Å². The lowest BCUT2D eigenvalue weighted by atomic mass is 9.98. The van der Waals surface area contributed by atoms with Crippen molar-refractivity contribution < 1.29 is 22.0 Å². The van der Waals surface area contributed by atoms with E-state index in [9.17, 15) is 22.0 Å². The first-order valence-corrected chi connectivity index (χ1v) is 7.71. The molecule has 0 saturated carbocycles. The molecule has 9 heteroatoms. The Balaban J connectivity index is 2.28. The number of primary amides is 1. The van der Waals surface area contributed by atoms with Crippen molar-refractivity contribution in [2.45, 2.75) is 17.7 Å². The van der Waals surface area contributed by atoms with Gasteiger partial charge in [-0.05, 0) is 18.9 Å². The fourth-order valence-electron chi connectivity index (χ4n) is 2.26. The van der Waals surface area contributed by atoms with Crippen LogP contribution in [0.1, 0.15) is 12.8 Å². The third-order valence-corrected chi connectivity index (χ3v) is 5.44. The minimum Gasteiger partial charge on any atom is -0.396 e. The molecule has 21 heavy (non-hydrogen) atoms. The van der Waals surface area contributed by atoms with Gasteiger partial charge in [-0.1, -0.05) is 0 Å². The smallest absolute Gasteiger partial charge is 0.246 e. The maximum absolute atomic E-state index is 13.7. The van der Waals surface area contributed by atoms with Gasteiger partial charge in [0.1, 0.15) is 16.5 Å². The topological polar surface area (TPSA) is 106 Å². The minimum absolute atomic E-state index is 0.0483. The summed E-state index contributed by atoms with van der Waals surface area (Å²) in [4.78, 5) is 10.4. The van der Waals surface area contributed by atoms with Crippen molar-refractivity contribution in [3.8, 4) is 0 Å². The molecule has 1 aromatic carbocycles. The quantitative estimate of drug-likeness (QED) is 0.788. The van der Waals surface area contributed by atoms with E-state index in [1.165, 1.54) is 0 Å². The summed E-state index contributed by atoms with van der Waals surface area (Å²) in [5.41, 5.74) is 10.0. The molecule has 0 radical (unpaired) electrons. The first-order chi connectivity index (χ1) is 9.73. The van der Waals surface area contributed by atoms with Crippen LogP contribution in [-0.4, -0.2) is 31.7 Å². The first-order valence-electron chi connectivity index (χ1n) is 6.27. The standard InChI is InChI=1S/C12H15F2N3O3S/c13-8-5-9(14)11(6-10(8)15)21(19,20)17-3-1-7(2-4-17)12(16)18/h5-7H,1-4,15H2,(H2,16,18). The summed E-state index contributed by atoms with van der Waals surface area (Å²) < 4.78 is 52.5. The number of halogens is 2. The average Bonchev–Trinajstić information content (AvgIpc) is 2.42. The van der Waals surface area contributed by atoms with Crippen LogP contribution in [0.25, 0.3) is 0 Å². The second-order valence-corrected chi connectivity index (χ2v) is 6.79. The highest BCUT2D eigenvalue weighted by atomic mass is 32.2. The number of hydrogen-bond acceptors (Lipinski definition) is 4. The molecule has 1 aromatic rings. The van der Waals surface area contributed by atoms with Crippen LogP contribution < -0.4 is 11.5 Å². The zero-order valence-corrected chi connectivity index (χ0v) is 11.9. The van der Waals surface area contributed by atoms with E-state index in [0.29, 0.717) is 6.07 Å². The normalized spacial score (nSPS) is 17.8. The summed E-state index contributed by atoms with van der Waals surface area (Å²) in [5.74, 6) is -3.08. The Morgan fingerprint density at radius 1 is 1.19 bits per heavy atom. The molecule has 116 valence electrons. The number of hydrogen-bond donors (Lipinski definition) is 2. The Morgan fingerprint density at radius 3 is 2.29 bits per heavy atom. The second-order valence-electron chi connectivity index (χ2n) is 4.88. The Labute approximate surface area is 120 Å². The van der Waals surface area contributed by atoms with E-state index in [0.717, 1.165) is 10.4 Å². The third-order valence-electron chi connectivity index (χ3n) is 3.53. The number of nitrogens with two attached hydrogens (primary N) is 2. The third kappa shape index (κ3) is 2.98. The van der Waals surface area contributed by atoms with Crippen LogP contribution in [0.5, 0.6) is 0 Å². The maximum atomic E-state index is 13.7. The van der Waals surface area contributed by atoms with Crippen LogP contribution in [-0.2, 0) is 14.8 Å². The number of carbonyl (C=O) groups is 1. The lowest BCUT2D eigenvalue weighted by molar-refractivity contribution is -0.122. The SMILES string of the molecule is NC(=O)C1CCN(S(=O)(=O)c2cc(N)c(F)cc2F)CC1. The highest BCUT2D eigenvalue weighted by molar-refractivity contribution is 7.89. The predicted octanol–water partition coefficient (Wildman–Crippen LogP) is 0.433. The number of benzene rings is 1. The molecule has 1 aliphatic rings. The molecule has 0 atom stereocenters. The number of amides is 1. The van der Waals surface area contributed by atoms with Crippen molar-refractivity contribution in [1.29, 1.82) is 0 Å². The maximum Gasteiger partial charge on any atom is 0.246 e. The Bertz CT molecular complexity index is 671. The summed E-state index contributed by atoms with van der Waals surface area (Å²) in [6.07, 6.45) is 0.541. The average molecular weight is 319 g/mol. The second kappa shape index (κ2) is 5.57. The van der Waals surface area contributed by atoms with Crippen molar-refractivity contribution in [2.24, 2.45) is 11.7 Å². The minimum atomic E-state index is -4.12. The van der Waals surface area contributed by atoms with Crippen molar-refractivity contribution in [3.05, 3.63) is 23.8 Å². The van der Waals surface area contributed by atoms with Crippen LogP contribution in [0, 0.1) is 17.6 Å². The molecule has 2 rings (SSSR count). The molecule has 1 aliphatic heterocycles. The lowest BCUT2D eigenvalue weighted by Crippen LogP contribution is -2.41. The fraction of sp³-hybridized carbons (Fsp3) is 0.417. The molecule has 0 bridgehead atoms. The largest absolute Gasteiger partial charge is 0.396 e. The van der Waals surface area contributed by atoms with Crippen molar-refractivity contribution >= 4 is 21.6 Å². The molecule has 0 aliphatic carbocycles. The number of nitrogens with zero attached hydrogens (tertiary/aromatic N) is 1. The number of nitrogen functional groups attached to an aromatic ring is 1. The summed E-state index contributed by atoms with van der Waals surface area (Å²) in [6, 6.07) is 1.21. The molecular weight excluding hydrogens is 304 g/mol. The number of anilines is 1. The van der Waals surface area contributed by atoms with Gasteiger partial charge in [0.05, 0.1) is 5.69 Å². The van der Waals surface area contributed by atoms with Crippen molar-refractivity contribution in [1.82, 2.24) is 4.31 Å². The van der Waals surface area contributed by atoms with Gasteiger partial charge in [-0.25, -0.2) is 17.2 Å². The summed E-state index contributed by atoms with van der Waals surface area (Å²) in [5, 5.41) is 0. The van der Waals surface area contributed by atoms with Gasteiger partial charge in [-0.15, -0.1) is 0 Å². The van der Waals surface area contributed by atoms with Crippen LogP contribution in [0.15, 0.2) is 17.0 Å². The molecule has 0 aromatic heterocycles. The Kier molecular flexibility index (Phi) is 4.15. The van der Waals surface area contributed by atoms with Gasteiger partial charge in [-0.3, -0.25) is 4.79 Å². The van der Waals surface area contributed by atoms with Crippen LogP contribution in [0.3, 0.4) is 0 Å². The van der Waals surface area contributed by atoms with E-state index < -0.39 is 38.1 Å². The van der Waals surface area contributed by atoms with Crippen LogP contribution >= 0.6 is 0 Å². The highest BCUT2D eigenvalue weighted by Gasteiger charge is 2.33.